The van der Waals surface area contributed by atoms with Crippen LogP contribution < -0.4 is 4.90 Å². The Bertz CT molecular complexity index is 1650. The van der Waals surface area contributed by atoms with Gasteiger partial charge in [-0.1, -0.05) is 93.6 Å². The summed E-state index contributed by atoms with van der Waals surface area (Å²) in [4.78, 5) is 60.0. The molecule has 4 atom stereocenters. The van der Waals surface area contributed by atoms with Gasteiger partial charge in [-0.25, -0.2) is 4.79 Å². The largest absolute Gasteiger partial charge is 0.481 e. The van der Waals surface area contributed by atoms with Crippen LogP contribution in [0.1, 0.15) is 74.8 Å². The first-order valence-corrected chi connectivity index (χ1v) is 16.5. The highest BCUT2D eigenvalue weighted by molar-refractivity contribution is 6.02. The molecule has 0 aromatic heterocycles. The number of aliphatic carboxylic acids is 1. The van der Waals surface area contributed by atoms with Gasteiger partial charge in [-0.15, -0.1) is 0 Å². The number of amides is 3. The number of anilines is 1. The zero-order chi connectivity index (χ0) is 33.3. The van der Waals surface area contributed by atoms with E-state index in [4.69, 9.17) is 4.74 Å². The van der Waals surface area contributed by atoms with Crippen LogP contribution in [-0.2, 0) is 38.5 Å². The fraction of sp³-hybridized carbons (Fsp3) is 0.421. The topological polar surface area (TPSA) is 107 Å². The quantitative estimate of drug-likeness (QED) is 0.333. The van der Waals surface area contributed by atoms with E-state index in [2.05, 4.69) is 20.8 Å². The molecule has 0 unspecified atom stereocenters. The number of benzene rings is 3. The number of carboxylic acids is 1. The minimum absolute atomic E-state index is 0.0298. The van der Waals surface area contributed by atoms with Crippen molar-refractivity contribution >= 4 is 29.6 Å². The average Bonchev–Trinajstić information content (AvgIpc) is 3.66. The Labute approximate surface area is 276 Å². The Morgan fingerprint density at radius 3 is 2.15 bits per heavy atom. The highest BCUT2D eigenvalue weighted by atomic mass is 16.6. The highest BCUT2D eigenvalue weighted by Crippen LogP contribution is 2.42. The zero-order valence-corrected chi connectivity index (χ0v) is 27.3. The second-order valence-electron chi connectivity index (χ2n) is 14.1. The second-order valence-corrected chi connectivity index (χ2v) is 14.1. The molecule has 1 saturated heterocycles. The van der Waals surface area contributed by atoms with E-state index in [1.54, 1.807) is 9.80 Å². The van der Waals surface area contributed by atoms with Gasteiger partial charge in [0.2, 0.25) is 11.8 Å². The van der Waals surface area contributed by atoms with Crippen molar-refractivity contribution < 1.29 is 29.0 Å². The van der Waals surface area contributed by atoms with Gasteiger partial charge in [0.05, 0.1) is 24.8 Å². The molecule has 3 aliphatic heterocycles. The van der Waals surface area contributed by atoms with Gasteiger partial charge in [0, 0.05) is 19.0 Å². The summed E-state index contributed by atoms with van der Waals surface area (Å²) in [7, 11) is 0. The van der Waals surface area contributed by atoms with Crippen molar-refractivity contribution in [2.75, 3.05) is 11.5 Å². The molecule has 0 aliphatic carbocycles. The van der Waals surface area contributed by atoms with Gasteiger partial charge in [-0.2, -0.15) is 0 Å². The molecule has 3 aromatic rings. The molecule has 3 aliphatic rings. The number of carboxylic acid groups (broad SMARTS) is 1. The van der Waals surface area contributed by atoms with Crippen molar-refractivity contribution in [1.82, 2.24) is 9.80 Å². The normalized spacial score (nSPS) is 22.1. The SMILES string of the molecule is CC(C)(C)CCOC(=O)N1c2ccccc2C[C@@H]1C(=O)N1[C@@H](C(=O)N2Cc3ccccc3C[C@@H]2CC(=O)O)CC[C@H]1c1ccccc1. The first-order chi connectivity index (χ1) is 22.5. The predicted molar refractivity (Wildman–Crippen MR) is 178 cm³/mol. The predicted octanol–water partition coefficient (Wildman–Crippen LogP) is 6.15. The number of para-hydroxylation sites is 1. The van der Waals surface area contributed by atoms with Crippen LogP contribution in [0.15, 0.2) is 78.9 Å². The molecule has 6 rings (SSSR count). The van der Waals surface area contributed by atoms with Crippen molar-refractivity contribution in [3.05, 3.63) is 101 Å². The molecule has 1 N–H and O–H groups in total. The Morgan fingerprint density at radius 2 is 1.45 bits per heavy atom. The van der Waals surface area contributed by atoms with E-state index < -0.39 is 30.2 Å². The molecule has 9 heteroatoms. The molecule has 3 amide bonds. The minimum atomic E-state index is -0.974. The van der Waals surface area contributed by atoms with Crippen LogP contribution in [0, 0.1) is 5.41 Å². The fourth-order valence-corrected chi connectivity index (χ4v) is 7.28. The molecule has 1 fully saturated rings. The number of carbonyl (C=O) groups is 4. The number of ether oxygens (including phenoxy) is 1. The van der Waals surface area contributed by atoms with Gasteiger partial charge >= 0.3 is 12.1 Å². The maximum absolute atomic E-state index is 14.9. The average molecular weight is 638 g/mol. The van der Waals surface area contributed by atoms with E-state index >= 15 is 0 Å². The summed E-state index contributed by atoms with van der Waals surface area (Å²) < 4.78 is 5.75. The molecule has 0 saturated carbocycles. The Morgan fingerprint density at radius 1 is 0.787 bits per heavy atom. The summed E-state index contributed by atoms with van der Waals surface area (Å²) in [6.45, 7) is 6.74. The van der Waals surface area contributed by atoms with Crippen LogP contribution in [0.2, 0.25) is 0 Å². The number of likely N-dealkylation sites (tertiary alicyclic amines) is 1. The van der Waals surface area contributed by atoms with Crippen LogP contribution in [-0.4, -0.2) is 63.5 Å². The lowest BCUT2D eigenvalue weighted by molar-refractivity contribution is -0.150. The summed E-state index contributed by atoms with van der Waals surface area (Å²) in [6, 6.07) is 22.3. The smallest absolute Gasteiger partial charge is 0.415 e. The molecule has 9 nitrogen and oxygen atoms in total. The number of hydrogen-bond donors (Lipinski definition) is 1. The van der Waals surface area contributed by atoms with E-state index in [0.717, 1.165) is 22.3 Å². The third kappa shape index (κ3) is 6.75. The lowest BCUT2D eigenvalue weighted by Crippen LogP contribution is -2.57. The van der Waals surface area contributed by atoms with Gasteiger partial charge in [0.15, 0.2) is 0 Å². The summed E-state index contributed by atoms with van der Waals surface area (Å²) in [5.74, 6) is -1.55. The number of nitrogens with zero attached hydrogens (tertiary/aromatic N) is 3. The lowest BCUT2D eigenvalue weighted by atomic mass is 9.91. The van der Waals surface area contributed by atoms with Crippen molar-refractivity contribution in [3.63, 3.8) is 0 Å². The standard InChI is InChI=1S/C38H43N3O6/c1-38(2,3)19-20-47-37(46)41-30-16-10-9-14-27(30)22-33(41)36(45)40-31(25-11-5-4-6-12-25)17-18-32(40)35(44)39-24-28-15-8-7-13-26(28)21-29(39)23-34(42)43/h4-16,29,31-33H,17-24H2,1-3H3,(H,42,43)/t29-,31+,32-,33-/m1/s1. The van der Waals surface area contributed by atoms with Crippen LogP contribution in [0.3, 0.4) is 0 Å². The number of hydrogen-bond acceptors (Lipinski definition) is 5. The summed E-state index contributed by atoms with van der Waals surface area (Å²) in [5.41, 5.74) is 4.40. The number of carbonyl (C=O) groups excluding carboxylic acids is 3. The van der Waals surface area contributed by atoms with E-state index in [-0.39, 0.29) is 42.8 Å². The first kappa shape index (κ1) is 32.3. The van der Waals surface area contributed by atoms with Crippen molar-refractivity contribution in [1.29, 1.82) is 0 Å². The zero-order valence-electron chi connectivity index (χ0n) is 27.3. The van der Waals surface area contributed by atoms with Gasteiger partial charge < -0.3 is 19.6 Å². The summed E-state index contributed by atoms with van der Waals surface area (Å²) in [6.07, 6.45) is 1.64. The molecule has 0 radical (unpaired) electrons. The van der Waals surface area contributed by atoms with Crippen LogP contribution in [0.5, 0.6) is 0 Å². The van der Waals surface area contributed by atoms with Crippen molar-refractivity contribution in [3.8, 4) is 0 Å². The Hall–Kier alpha value is -4.66. The van der Waals surface area contributed by atoms with Gasteiger partial charge in [-0.3, -0.25) is 19.3 Å². The molecule has 47 heavy (non-hydrogen) atoms. The molecular weight excluding hydrogens is 594 g/mol. The maximum Gasteiger partial charge on any atom is 0.415 e. The maximum atomic E-state index is 14.9. The monoisotopic (exact) mass is 637 g/mol. The van der Waals surface area contributed by atoms with Crippen LogP contribution in [0.4, 0.5) is 10.5 Å². The first-order valence-electron chi connectivity index (χ1n) is 16.5. The molecular formula is C38H43N3O6. The van der Waals surface area contributed by atoms with Crippen LogP contribution in [0.25, 0.3) is 0 Å². The highest BCUT2D eigenvalue weighted by Gasteiger charge is 2.50. The minimum Gasteiger partial charge on any atom is -0.481 e. The summed E-state index contributed by atoms with van der Waals surface area (Å²) in [5, 5.41) is 9.77. The van der Waals surface area contributed by atoms with Crippen LogP contribution >= 0.6 is 0 Å². The third-order valence-electron chi connectivity index (χ3n) is 9.69. The lowest BCUT2D eigenvalue weighted by Gasteiger charge is -2.41. The van der Waals surface area contributed by atoms with E-state index in [0.29, 0.717) is 37.8 Å². The second kappa shape index (κ2) is 13.2. The van der Waals surface area contributed by atoms with Gasteiger partial charge in [0.1, 0.15) is 12.1 Å². The summed E-state index contributed by atoms with van der Waals surface area (Å²) >= 11 is 0. The molecule has 0 bridgehead atoms. The van der Waals surface area contributed by atoms with E-state index in [1.165, 1.54) is 4.90 Å². The van der Waals surface area contributed by atoms with Crippen molar-refractivity contribution in [2.45, 2.75) is 90.0 Å². The number of rotatable bonds is 7. The molecule has 3 aromatic carbocycles. The Balaban J connectivity index is 1.34. The van der Waals surface area contributed by atoms with E-state index in [9.17, 15) is 24.3 Å². The van der Waals surface area contributed by atoms with Crippen molar-refractivity contribution in [2.24, 2.45) is 5.41 Å². The molecule has 0 spiro atoms. The van der Waals surface area contributed by atoms with Gasteiger partial charge in [-0.05, 0) is 59.4 Å². The molecule has 246 valence electrons. The van der Waals surface area contributed by atoms with E-state index in [1.807, 2.05) is 78.9 Å². The third-order valence-corrected chi connectivity index (χ3v) is 9.69. The number of fused-ring (bicyclic) bond motifs is 2. The molecule has 3 heterocycles. The Kier molecular flexibility index (Phi) is 9.08. The fourth-order valence-electron chi connectivity index (χ4n) is 7.28. The van der Waals surface area contributed by atoms with Gasteiger partial charge in [0.25, 0.3) is 0 Å².